The molecular formula is C24H18FN3O3. The number of non-ortho nitro benzene ring substituents is 1. The van der Waals surface area contributed by atoms with Crippen LogP contribution in [0.15, 0.2) is 66.7 Å². The largest absolute Gasteiger partial charge is 0.322 e. The lowest BCUT2D eigenvalue weighted by molar-refractivity contribution is -0.384. The smallest absolute Gasteiger partial charge is 0.271 e. The first-order valence-corrected chi connectivity index (χ1v) is 9.55. The number of hydrogen-bond acceptors (Lipinski definition) is 4. The highest BCUT2D eigenvalue weighted by Gasteiger charge is 2.17. The number of nitro groups is 1. The first kappa shape index (κ1) is 20.2. The van der Waals surface area contributed by atoms with E-state index < -0.39 is 10.8 Å². The average molecular weight is 415 g/mol. The lowest BCUT2D eigenvalue weighted by Gasteiger charge is -2.13. The number of rotatable bonds is 4. The summed E-state index contributed by atoms with van der Waals surface area (Å²) in [4.78, 5) is 28.4. The molecule has 1 amide bonds. The van der Waals surface area contributed by atoms with E-state index in [1.807, 2.05) is 26.0 Å². The zero-order valence-corrected chi connectivity index (χ0v) is 16.8. The highest BCUT2D eigenvalue weighted by molar-refractivity contribution is 6.13. The van der Waals surface area contributed by atoms with E-state index in [9.17, 15) is 19.3 Å². The van der Waals surface area contributed by atoms with E-state index in [2.05, 4.69) is 5.32 Å². The molecule has 1 aromatic heterocycles. The molecule has 1 heterocycles. The first-order chi connectivity index (χ1) is 14.8. The number of pyridine rings is 1. The maximum atomic E-state index is 13.4. The minimum absolute atomic E-state index is 0.115. The molecule has 0 fully saturated rings. The number of nitrogens with one attached hydrogen (secondary N) is 1. The van der Waals surface area contributed by atoms with Crippen LogP contribution in [0.5, 0.6) is 0 Å². The molecule has 0 radical (unpaired) electrons. The fourth-order valence-corrected chi connectivity index (χ4v) is 3.53. The number of fused-ring (bicyclic) bond motifs is 1. The van der Waals surface area contributed by atoms with Crippen molar-refractivity contribution < 1.29 is 14.1 Å². The Morgan fingerprint density at radius 1 is 1.03 bits per heavy atom. The Morgan fingerprint density at radius 2 is 1.77 bits per heavy atom. The van der Waals surface area contributed by atoms with E-state index in [-0.39, 0.29) is 11.5 Å². The Balaban J connectivity index is 1.85. The summed E-state index contributed by atoms with van der Waals surface area (Å²) in [7, 11) is 0. The van der Waals surface area contributed by atoms with Crippen LogP contribution >= 0.6 is 0 Å². The number of benzene rings is 3. The van der Waals surface area contributed by atoms with E-state index in [0.717, 1.165) is 11.1 Å². The van der Waals surface area contributed by atoms with Gasteiger partial charge >= 0.3 is 0 Å². The quantitative estimate of drug-likeness (QED) is 0.336. The molecule has 0 bridgehead atoms. The van der Waals surface area contributed by atoms with Gasteiger partial charge in [0.05, 0.1) is 21.7 Å². The van der Waals surface area contributed by atoms with Gasteiger partial charge in [0.25, 0.3) is 11.6 Å². The normalized spacial score (nSPS) is 10.8. The molecule has 0 aliphatic carbocycles. The number of aromatic nitrogens is 1. The van der Waals surface area contributed by atoms with Crippen molar-refractivity contribution in [1.29, 1.82) is 0 Å². The minimum Gasteiger partial charge on any atom is -0.322 e. The van der Waals surface area contributed by atoms with Gasteiger partial charge < -0.3 is 5.32 Å². The highest BCUT2D eigenvalue weighted by atomic mass is 19.1. The number of anilines is 1. The molecule has 0 aliphatic rings. The number of nitrogens with zero attached hydrogens (tertiary/aromatic N) is 2. The lowest BCUT2D eigenvalue weighted by atomic mass is 9.99. The second-order valence-corrected chi connectivity index (χ2v) is 7.30. The molecule has 3 aromatic carbocycles. The average Bonchev–Trinajstić information content (AvgIpc) is 2.74. The van der Waals surface area contributed by atoms with Gasteiger partial charge in [-0.3, -0.25) is 14.9 Å². The maximum Gasteiger partial charge on any atom is 0.271 e. The van der Waals surface area contributed by atoms with Crippen LogP contribution in [0.3, 0.4) is 0 Å². The summed E-state index contributed by atoms with van der Waals surface area (Å²) in [6.45, 7) is 3.85. The van der Waals surface area contributed by atoms with Crippen molar-refractivity contribution in [2.24, 2.45) is 0 Å². The van der Waals surface area contributed by atoms with Crippen molar-refractivity contribution in [3.05, 3.63) is 99.4 Å². The molecule has 31 heavy (non-hydrogen) atoms. The molecule has 1 N–H and O–H groups in total. The van der Waals surface area contributed by atoms with Crippen LogP contribution in [0.25, 0.3) is 22.2 Å². The number of carbonyl (C=O) groups excluding carboxylic acids is 1. The van der Waals surface area contributed by atoms with Crippen molar-refractivity contribution in [1.82, 2.24) is 4.98 Å². The second-order valence-electron chi connectivity index (χ2n) is 7.30. The van der Waals surface area contributed by atoms with Crippen LogP contribution < -0.4 is 5.32 Å². The topological polar surface area (TPSA) is 85.1 Å². The van der Waals surface area contributed by atoms with Gasteiger partial charge in [0.2, 0.25) is 0 Å². The summed E-state index contributed by atoms with van der Waals surface area (Å²) in [5.74, 6) is -0.777. The Kier molecular flexibility index (Phi) is 5.17. The van der Waals surface area contributed by atoms with Crippen molar-refractivity contribution in [2.45, 2.75) is 13.8 Å². The Labute approximate surface area is 177 Å². The maximum absolute atomic E-state index is 13.4. The fourth-order valence-electron chi connectivity index (χ4n) is 3.53. The first-order valence-electron chi connectivity index (χ1n) is 9.55. The molecule has 0 saturated heterocycles. The van der Waals surface area contributed by atoms with Gasteiger partial charge in [-0.25, -0.2) is 9.37 Å². The third kappa shape index (κ3) is 4.11. The van der Waals surface area contributed by atoms with E-state index in [4.69, 9.17) is 4.98 Å². The molecule has 4 aromatic rings. The molecule has 0 unspecified atom stereocenters. The Hall–Kier alpha value is -4.13. The zero-order chi connectivity index (χ0) is 22.1. The second kappa shape index (κ2) is 7.95. The molecular weight excluding hydrogens is 397 g/mol. The van der Waals surface area contributed by atoms with Gasteiger partial charge in [-0.1, -0.05) is 17.7 Å². The third-order valence-corrected chi connectivity index (χ3v) is 4.95. The monoisotopic (exact) mass is 415 g/mol. The van der Waals surface area contributed by atoms with Crippen LogP contribution in [0.4, 0.5) is 15.8 Å². The highest BCUT2D eigenvalue weighted by Crippen LogP contribution is 2.29. The molecule has 0 atom stereocenters. The van der Waals surface area contributed by atoms with Gasteiger partial charge in [-0.05, 0) is 61.9 Å². The summed E-state index contributed by atoms with van der Waals surface area (Å²) in [5, 5.41) is 14.5. The fraction of sp³-hybridized carbons (Fsp3) is 0.0833. The summed E-state index contributed by atoms with van der Waals surface area (Å²) >= 11 is 0. The number of amides is 1. The molecule has 7 heteroatoms. The van der Waals surface area contributed by atoms with E-state index >= 15 is 0 Å². The van der Waals surface area contributed by atoms with Crippen LogP contribution in [0.2, 0.25) is 0 Å². The number of nitro benzene ring substituents is 1. The van der Waals surface area contributed by atoms with Crippen LogP contribution in [-0.4, -0.2) is 15.8 Å². The molecule has 0 spiro atoms. The minimum atomic E-state index is -0.517. The number of hydrogen-bond donors (Lipinski definition) is 1. The van der Waals surface area contributed by atoms with Crippen molar-refractivity contribution in [3.8, 4) is 11.3 Å². The van der Waals surface area contributed by atoms with Gasteiger partial charge in [0, 0.05) is 28.8 Å². The van der Waals surface area contributed by atoms with Gasteiger partial charge in [0.15, 0.2) is 0 Å². The van der Waals surface area contributed by atoms with Crippen molar-refractivity contribution in [2.75, 3.05) is 5.32 Å². The standard InChI is InChI=1S/C24H18FN3O3/c1-14-10-15(2)23-20(11-14)21(13-22(27-23)16-6-8-17(25)9-7-16)24(29)26-18-4-3-5-19(12-18)28(30)31/h3-13H,1-2H3,(H,26,29). The SMILES string of the molecule is Cc1cc(C)c2nc(-c3ccc(F)cc3)cc(C(=O)Nc3cccc([N+](=O)[O-])c3)c2c1. The number of halogens is 1. The van der Waals surface area contributed by atoms with Crippen LogP contribution in [0.1, 0.15) is 21.5 Å². The molecule has 6 nitrogen and oxygen atoms in total. The van der Waals surface area contributed by atoms with Crippen molar-refractivity contribution in [3.63, 3.8) is 0 Å². The predicted octanol–water partition coefficient (Wildman–Crippen LogP) is 5.82. The lowest BCUT2D eigenvalue weighted by Crippen LogP contribution is -2.13. The Bertz CT molecular complexity index is 1330. The zero-order valence-electron chi connectivity index (χ0n) is 16.8. The van der Waals surface area contributed by atoms with Gasteiger partial charge in [-0.15, -0.1) is 0 Å². The van der Waals surface area contributed by atoms with Crippen molar-refractivity contribution >= 4 is 28.2 Å². The van der Waals surface area contributed by atoms with Gasteiger partial charge in [-0.2, -0.15) is 0 Å². The third-order valence-electron chi connectivity index (χ3n) is 4.95. The van der Waals surface area contributed by atoms with Crippen LogP contribution in [0, 0.1) is 29.8 Å². The summed E-state index contributed by atoms with van der Waals surface area (Å²) < 4.78 is 13.4. The predicted molar refractivity (Wildman–Crippen MR) is 118 cm³/mol. The van der Waals surface area contributed by atoms with Gasteiger partial charge in [0.1, 0.15) is 5.82 Å². The summed E-state index contributed by atoms with van der Waals surface area (Å²) in [5.41, 5.74) is 4.33. The van der Waals surface area contributed by atoms with Crippen LogP contribution in [-0.2, 0) is 0 Å². The summed E-state index contributed by atoms with van der Waals surface area (Å²) in [6, 6.07) is 17.2. The number of aryl methyl sites for hydroxylation is 2. The summed E-state index contributed by atoms with van der Waals surface area (Å²) in [6.07, 6.45) is 0. The molecule has 0 aliphatic heterocycles. The molecule has 4 rings (SSSR count). The number of carbonyl (C=O) groups is 1. The Morgan fingerprint density at radius 3 is 2.48 bits per heavy atom. The van der Waals surface area contributed by atoms with E-state index in [0.29, 0.717) is 33.4 Å². The molecule has 0 saturated carbocycles. The van der Waals surface area contributed by atoms with E-state index in [1.165, 1.54) is 30.3 Å². The molecule has 154 valence electrons. The van der Waals surface area contributed by atoms with E-state index in [1.54, 1.807) is 24.3 Å².